The maximum atomic E-state index is 8.08. The molecule has 0 amide bonds. The van der Waals surface area contributed by atoms with Crippen molar-refractivity contribution < 1.29 is 4.74 Å². The first-order valence-corrected chi connectivity index (χ1v) is 8.10. The van der Waals surface area contributed by atoms with Crippen LogP contribution in [0.4, 0.5) is 5.82 Å². The smallest absolute Gasteiger partial charge is 0.148 e. The number of allylic oxidation sites excluding steroid dienone is 1. The Morgan fingerprint density at radius 2 is 2.30 bits per heavy atom. The number of fused-ring (bicyclic) bond motifs is 1. The van der Waals surface area contributed by atoms with Crippen molar-refractivity contribution in [3.63, 3.8) is 0 Å². The largest absolute Gasteiger partial charge is 0.377 e. The molecule has 5 nitrogen and oxygen atoms in total. The molecule has 23 heavy (non-hydrogen) atoms. The van der Waals surface area contributed by atoms with Crippen molar-refractivity contribution in [1.82, 2.24) is 9.55 Å². The molecule has 3 rings (SSSR count). The summed E-state index contributed by atoms with van der Waals surface area (Å²) >= 11 is 0. The molecule has 0 aromatic carbocycles. The van der Waals surface area contributed by atoms with Crippen LogP contribution in [0.25, 0.3) is 11.0 Å². The van der Waals surface area contributed by atoms with Gasteiger partial charge in [0, 0.05) is 18.1 Å². The molecule has 0 saturated carbocycles. The first-order valence-electron chi connectivity index (χ1n) is 8.10. The number of hydrogen-bond donors (Lipinski definition) is 1. The van der Waals surface area contributed by atoms with Crippen LogP contribution in [0.1, 0.15) is 32.3 Å². The summed E-state index contributed by atoms with van der Waals surface area (Å²) in [7, 11) is 0. The summed E-state index contributed by atoms with van der Waals surface area (Å²) in [5.74, 6) is 1.70. The Kier molecular flexibility index (Phi) is 4.22. The van der Waals surface area contributed by atoms with Crippen molar-refractivity contribution in [2.45, 2.75) is 32.7 Å². The second-order valence-corrected chi connectivity index (χ2v) is 6.35. The van der Waals surface area contributed by atoms with E-state index in [9.17, 15) is 0 Å². The number of nitrogens with one attached hydrogen (secondary N) is 1. The van der Waals surface area contributed by atoms with E-state index in [0.717, 1.165) is 36.6 Å². The fourth-order valence-electron chi connectivity index (χ4n) is 3.11. The van der Waals surface area contributed by atoms with Crippen LogP contribution in [0.5, 0.6) is 0 Å². The second kappa shape index (κ2) is 6.16. The van der Waals surface area contributed by atoms with Crippen molar-refractivity contribution in [1.29, 1.82) is 5.41 Å². The quantitative estimate of drug-likeness (QED) is 0.698. The SMILES string of the molecule is C=CC(=N)n1ccc2c(C(C)C)cc(N3CCOCC3C)nc21. The van der Waals surface area contributed by atoms with Gasteiger partial charge in [0.25, 0.3) is 0 Å². The Balaban J connectivity index is 2.18. The highest BCUT2D eigenvalue weighted by Gasteiger charge is 2.23. The van der Waals surface area contributed by atoms with E-state index in [4.69, 9.17) is 15.1 Å². The van der Waals surface area contributed by atoms with Crippen molar-refractivity contribution in [2.24, 2.45) is 0 Å². The van der Waals surface area contributed by atoms with Gasteiger partial charge >= 0.3 is 0 Å². The Labute approximate surface area is 137 Å². The molecule has 122 valence electrons. The zero-order valence-electron chi connectivity index (χ0n) is 14.0. The molecule has 3 heterocycles. The number of ether oxygens (including phenoxy) is 1. The van der Waals surface area contributed by atoms with E-state index in [2.05, 4.69) is 38.3 Å². The highest BCUT2D eigenvalue weighted by molar-refractivity contribution is 5.99. The summed E-state index contributed by atoms with van der Waals surface area (Å²) in [5, 5.41) is 9.19. The standard InChI is InChI=1S/C18H24N4O/c1-5-16(19)22-7-6-14-15(12(2)3)10-17(20-18(14)22)21-8-9-23-11-13(21)4/h5-7,10,12-13,19H,1,8-9,11H2,2-4H3. The minimum Gasteiger partial charge on any atom is -0.377 e. The number of aromatic nitrogens is 2. The number of hydrogen-bond acceptors (Lipinski definition) is 4. The molecule has 0 aliphatic carbocycles. The molecule has 1 N–H and O–H groups in total. The molecule has 1 fully saturated rings. The van der Waals surface area contributed by atoms with Gasteiger partial charge in [-0.15, -0.1) is 0 Å². The van der Waals surface area contributed by atoms with Gasteiger partial charge in [-0.05, 0) is 36.6 Å². The second-order valence-electron chi connectivity index (χ2n) is 6.35. The minimum absolute atomic E-state index is 0.302. The lowest BCUT2D eigenvalue weighted by Crippen LogP contribution is -2.44. The molecule has 1 unspecified atom stereocenters. The Morgan fingerprint density at radius 3 is 2.96 bits per heavy atom. The van der Waals surface area contributed by atoms with Gasteiger partial charge in [0.15, 0.2) is 0 Å². The van der Waals surface area contributed by atoms with Gasteiger partial charge in [-0.25, -0.2) is 4.98 Å². The predicted octanol–water partition coefficient (Wildman–Crippen LogP) is 3.40. The van der Waals surface area contributed by atoms with Crippen LogP contribution in [0.2, 0.25) is 0 Å². The van der Waals surface area contributed by atoms with E-state index in [1.54, 1.807) is 10.6 Å². The topological polar surface area (TPSA) is 54.1 Å². The fourth-order valence-corrected chi connectivity index (χ4v) is 3.11. The van der Waals surface area contributed by atoms with E-state index in [0.29, 0.717) is 17.8 Å². The minimum atomic E-state index is 0.302. The summed E-state index contributed by atoms with van der Waals surface area (Å²) < 4.78 is 7.34. The zero-order valence-corrected chi connectivity index (χ0v) is 14.0. The number of pyridine rings is 1. The lowest BCUT2D eigenvalue weighted by Gasteiger charge is -2.34. The van der Waals surface area contributed by atoms with Gasteiger partial charge in [-0.1, -0.05) is 20.4 Å². The predicted molar refractivity (Wildman–Crippen MR) is 94.8 cm³/mol. The summed E-state index contributed by atoms with van der Waals surface area (Å²) in [6, 6.07) is 4.54. The Morgan fingerprint density at radius 1 is 1.52 bits per heavy atom. The molecule has 0 radical (unpaired) electrons. The summed E-state index contributed by atoms with van der Waals surface area (Å²) in [5.41, 5.74) is 2.09. The van der Waals surface area contributed by atoms with Crippen molar-refractivity contribution in [2.75, 3.05) is 24.7 Å². The third-order valence-corrected chi connectivity index (χ3v) is 4.41. The number of rotatable bonds is 3. The average Bonchev–Trinajstić information content (AvgIpc) is 2.97. The summed E-state index contributed by atoms with van der Waals surface area (Å²) in [6.45, 7) is 12.5. The molecule has 5 heteroatoms. The molecular formula is C18H24N4O. The molecule has 2 aromatic heterocycles. The number of anilines is 1. The molecule has 1 saturated heterocycles. The highest BCUT2D eigenvalue weighted by atomic mass is 16.5. The van der Waals surface area contributed by atoms with Crippen LogP contribution in [-0.4, -0.2) is 41.2 Å². The van der Waals surface area contributed by atoms with Gasteiger partial charge in [-0.3, -0.25) is 9.98 Å². The molecule has 0 spiro atoms. The summed E-state index contributed by atoms with van der Waals surface area (Å²) in [4.78, 5) is 7.16. The zero-order chi connectivity index (χ0) is 16.6. The number of morpholine rings is 1. The first-order chi connectivity index (χ1) is 11.0. The van der Waals surface area contributed by atoms with Crippen LogP contribution in [0.15, 0.2) is 31.0 Å². The van der Waals surface area contributed by atoms with E-state index in [1.807, 2.05) is 12.3 Å². The third-order valence-electron chi connectivity index (χ3n) is 4.41. The fraction of sp³-hybridized carbons (Fsp3) is 0.444. The van der Waals surface area contributed by atoms with E-state index in [-0.39, 0.29) is 0 Å². The van der Waals surface area contributed by atoms with Crippen LogP contribution in [0.3, 0.4) is 0 Å². The van der Waals surface area contributed by atoms with Crippen LogP contribution < -0.4 is 4.90 Å². The first kappa shape index (κ1) is 15.7. The average molecular weight is 312 g/mol. The molecule has 1 atom stereocenters. The van der Waals surface area contributed by atoms with Crippen LogP contribution in [0, 0.1) is 5.41 Å². The van der Waals surface area contributed by atoms with Gasteiger partial charge < -0.3 is 9.64 Å². The molecular weight excluding hydrogens is 288 g/mol. The highest BCUT2D eigenvalue weighted by Crippen LogP contribution is 2.30. The molecule has 2 aromatic rings. The maximum absolute atomic E-state index is 8.08. The third kappa shape index (κ3) is 2.77. The maximum Gasteiger partial charge on any atom is 0.148 e. The number of nitrogens with zero attached hydrogens (tertiary/aromatic N) is 3. The monoisotopic (exact) mass is 312 g/mol. The lowest BCUT2D eigenvalue weighted by atomic mass is 10.0. The van der Waals surface area contributed by atoms with E-state index < -0.39 is 0 Å². The van der Waals surface area contributed by atoms with Crippen molar-refractivity contribution in [3.05, 3.63) is 36.5 Å². The summed E-state index contributed by atoms with van der Waals surface area (Å²) in [6.07, 6.45) is 3.44. The van der Waals surface area contributed by atoms with Crippen LogP contribution in [-0.2, 0) is 4.74 Å². The molecule has 1 aliphatic heterocycles. The Hall–Kier alpha value is -2.14. The lowest BCUT2D eigenvalue weighted by molar-refractivity contribution is 0.0985. The van der Waals surface area contributed by atoms with Crippen LogP contribution >= 0.6 is 0 Å². The van der Waals surface area contributed by atoms with Gasteiger partial charge in [-0.2, -0.15) is 0 Å². The van der Waals surface area contributed by atoms with Crippen molar-refractivity contribution >= 4 is 22.7 Å². The van der Waals surface area contributed by atoms with Gasteiger partial charge in [0.2, 0.25) is 0 Å². The molecule has 1 aliphatic rings. The van der Waals surface area contributed by atoms with E-state index >= 15 is 0 Å². The van der Waals surface area contributed by atoms with Gasteiger partial charge in [0.1, 0.15) is 17.3 Å². The Bertz CT molecular complexity index is 747. The molecule has 0 bridgehead atoms. The van der Waals surface area contributed by atoms with E-state index in [1.165, 1.54) is 5.56 Å². The van der Waals surface area contributed by atoms with Crippen molar-refractivity contribution in [3.8, 4) is 0 Å². The van der Waals surface area contributed by atoms with Gasteiger partial charge in [0.05, 0.1) is 19.3 Å². The normalized spacial score (nSPS) is 18.6.